The zero-order valence-corrected chi connectivity index (χ0v) is 8.46. The minimum absolute atomic E-state index is 0.371. The van der Waals surface area contributed by atoms with Gasteiger partial charge in [-0.25, -0.2) is 9.89 Å². The van der Waals surface area contributed by atoms with Crippen LogP contribution < -0.4 is 10.4 Å². The molecule has 1 N–H and O–H groups in total. The molecule has 74 valence electrons. The highest BCUT2D eigenvalue weighted by atomic mass is 32.1. The summed E-state index contributed by atoms with van der Waals surface area (Å²) < 4.78 is 6.30. The standard InChI is InChI=1S/C7H8N4O2S/c1-4-6(5(13-2)3-14-4)11-7(12)8-9-10-11/h3H,1-2H3,(H,8,10,12). The number of thiophene rings is 1. The Bertz CT molecular complexity index is 498. The number of ether oxygens (including phenoxy) is 1. The highest BCUT2D eigenvalue weighted by Gasteiger charge is 2.14. The molecule has 2 heterocycles. The summed E-state index contributed by atoms with van der Waals surface area (Å²) in [5.74, 6) is 0.628. The summed E-state index contributed by atoms with van der Waals surface area (Å²) in [6.45, 7) is 1.89. The van der Waals surface area contributed by atoms with Crippen molar-refractivity contribution in [3.05, 3.63) is 20.7 Å². The Morgan fingerprint density at radius 3 is 3.00 bits per heavy atom. The molecule has 0 spiro atoms. The molecule has 7 heteroatoms. The topological polar surface area (TPSA) is 72.8 Å². The first-order chi connectivity index (χ1) is 6.74. The number of aromatic amines is 1. The number of aryl methyl sites for hydroxylation is 1. The van der Waals surface area contributed by atoms with E-state index in [4.69, 9.17) is 4.74 Å². The van der Waals surface area contributed by atoms with Crippen molar-refractivity contribution in [2.45, 2.75) is 6.92 Å². The van der Waals surface area contributed by atoms with Crippen LogP contribution >= 0.6 is 11.3 Å². The summed E-state index contributed by atoms with van der Waals surface area (Å²) in [6.07, 6.45) is 0. The summed E-state index contributed by atoms with van der Waals surface area (Å²) >= 11 is 1.50. The van der Waals surface area contributed by atoms with Crippen LogP contribution in [0.2, 0.25) is 0 Å². The van der Waals surface area contributed by atoms with E-state index in [0.29, 0.717) is 11.4 Å². The summed E-state index contributed by atoms with van der Waals surface area (Å²) in [5, 5.41) is 11.1. The summed E-state index contributed by atoms with van der Waals surface area (Å²) in [5.41, 5.74) is 0.279. The molecule has 6 nitrogen and oxygen atoms in total. The molecule has 0 fully saturated rings. The zero-order chi connectivity index (χ0) is 10.1. The first kappa shape index (κ1) is 8.95. The Morgan fingerprint density at radius 1 is 1.64 bits per heavy atom. The van der Waals surface area contributed by atoms with E-state index in [9.17, 15) is 4.79 Å². The van der Waals surface area contributed by atoms with Gasteiger partial charge in [0.15, 0.2) is 5.75 Å². The number of hydrogen-bond donors (Lipinski definition) is 1. The monoisotopic (exact) mass is 212 g/mol. The van der Waals surface area contributed by atoms with Crippen molar-refractivity contribution in [1.29, 1.82) is 0 Å². The van der Waals surface area contributed by atoms with Gasteiger partial charge in [-0.1, -0.05) is 0 Å². The third kappa shape index (κ3) is 1.22. The van der Waals surface area contributed by atoms with Crippen molar-refractivity contribution in [2.75, 3.05) is 7.11 Å². The van der Waals surface area contributed by atoms with Crippen molar-refractivity contribution in [2.24, 2.45) is 0 Å². The molecular formula is C7H8N4O2S. The fourth-order valence-electron chi connectivity index (χ4n) is 1.17. The van der Waals surface area contributed by atoms with Crippen LogP contribution in [0.4, 0.5) is 0 Å². The van der Waals surface area contributed by atoms with Gasteiger partial charge >= 0.3 is 5.69 Å². The van der Waals surface area contributed by atoms with Crippen LogP contribution in [0.15, 0.2) is 10.2 Å². The Balaban J connectivity index is 2.66. The van der Waals surface area contributed by atoms with E-state index in [1.54, 1.807) is 7.11 Å². The van der Waals surface area contributed by atoms with Gasteiger partial charge in [-0.15, -0.1) is 11.3 Å². The van der Waals surface area contributed by atoms with E-state index in [1.807, 2.05) is 12.3 Å². The van der Waals surface area contributed by atoms with Gasteiger partial charge in [0.25, 0.3) is 0 Å². The van der Waals surface area contributed by atoms with Gasteiger partial charge in [0.1, 0.15) is 5.69 Å². The van der Waals surface area contributed by atoms with Gasteiger partial charge in [0.05, 0.1) is 7.11 Å². The van der Waals surface area contributed by atoms with Gasteiger partial charge in [-0.2, -0.15) is 4.68 Å². The number of methoxy groups -OCH3 is 1. The van der Waals surface area contributed by atoms with E-state index >= 15 is 0 Å². The van der Waals surface area contributed by atoms with Crippen LogP contribution in [-0.2, 0) is 0 Å². The lowest BCUT2D eigenvalue weighted by Crippen LogP contribution is -2.16. The lowest BCUT2D eigenvalue weighted by Gasteiger charge is -2.00. The summed E-state index contributed by atoms with van der Waals surface area (Å²) in [6, 6.07) is 0. The number of aromatic nitrogens is 4. The molecule has 0 unspecified atom stereocenters. The second-order valence-corrected chi connectivity index (χ2v) is 3.71. The quantitative estimate of drug-likeness (QED) is 0.778. The lowest BCUT2D eigenvalue weighted by molar-refractivity contribution is 0.413. The summed E-state index contributed by atoms with van der Waals surface area (Å²) in [7, 11) is 1.55. The molecule has 0 aliphatic heterocycles. The molecule has 2 aromatic rings. The molecule has 0 radical (unpaired) electrons. The van der Waals surface area contributed by atoms with E-state index in [2.05, 4.69) is 15.5 Å². The number of hydrogen-bond acceptors (Lipinski definition) is 5. The Labute approximate surface area is 83.1 Å². The Kier molecular flexibility index (Phi) is 2.08. The molecule has 0 saturated heterocycles. The largest absolute Gasteiger partial charge is 0.494 e. The van der Waals surface area contributed by atoms with Gasteiger partial charge in [0, 0.05) is 10.3 Å². The van der Waals surface area contributed by atoms with Crippen molar-refractivity contribution >= 4 is 11.3 Å². The highest BCUT2D eigenvalue weighted by molar-refractivity contribution is 7.10. The normalized spacial score (nSPS) is 10.4. The van der Waals surface area contributed by atoms with Crippen molar-refractivity contribution in [3.63, 3.8) is 0 Å². The van der Waals surface area contributed by atoms with E-state index in [0.717, 1.165) is 4.88 Å². The smallest absolute Gasteiger partial charge is 0.366 e. The lowest BCUT2D eigenvalue weighted by atomic mass is 10.4. The van der Waals surface area contributed by atoms with Crippen LogP contribution in [0.3, 0.4) is 0 Å². The maximum absolute atomic E-state index is 11.3. The number of nitrogens with one attached hydrogen (secondary N) is 1. The maximum Gasteiger partial charge on any atom is 0.366 e. The van der Waals surface area contributed by atoms with Crippen LogP contribution in [0.1, 0.15) is 4.88 Å². The number of tetrazole rings is 1. The Morgan fingerprint density at radius 2 is 2.43 bits per heavy atom. The van der Waals surface area contributed by atoms with E-state index in [1.165, 1.54) is 16.0 Å². The van der Waals surface area contributed by atoms with Crippen molar-refractivity contribution in [1.82, 2.24) is 20.2 Å². The minimum Gasteiger partial charge on any atom is -0.494 e. The fourth-order valence-corrected chi connectivity index (χ4v) is 1.96. The molecular weight excluding hydrogens is 204 g/mol. The van der Waals surface area contributed by atoms with Gasteiger partial charge in [-0.05, 0) is 17.4 Å². The molecule has 0 saturated carbocycles. The number of H-pyrrole nitrogens is 1. The van der Waals surface area contributed by atoms with E-state index < -0.39 is 0 Å². The van der Waals surface area contributed by atoms with Crippen LogP contribution in [0, 0.1) is 6.92 Å². The third-order valence-corrected chi connectivity index (χ3v) is 2.69. The average molecular weight is 212 g/mol. The molecule has 2 aromatic heterocycles. The predicted octanol–water partition coefficient (Wildman–Crippen LogP) is 0.334. The number of nitrogens with zero attached hydrogens (tertiary/aromatic N) is 3. The van der Waals surface area contributed by atoms with Crippen molar-refractivity contribution < 1.29 is 4.74 Å². The predicted molar refractivity (Wildman–Crippen MR) is 51.1 cm³/mol. The average Bonchev–Trinajstić information content (AvgIpc) is 2.72. The van der Waals surface area contributed by atoms with Crippen LogP contribution in [0.5, 0.6) is 5.75 Å². The van der Waals surface area contributed by atoms with Crippen molar-refractivity contribution in [3.8, 4) is 11.4 Å². The first-order valence-corrected chi connectivity index (χ1v) is 4.75. The molecule has 0 atom stereocenters. The second-order valence-electron chi connectivity index (χ2n) is 2.63. The molecule has 2 rings (SSSR count). The molecule has 0 aromatic carbocycles. The number of rotatable bonds is 2. The first-order valence-electron chi connectivity index (χ1n) is 3.87. The minimum atomic E-state index is -0.371. The SMILES string of the molecule is COc1csc(C)c1-n1nn[nH]c1=O. The van der Waals surface area contributed by atoms with Crippen LogP contribution in [-0.4, -0.2) is 27.3 Å². The molecule has 0 aliphatic rings. The second kappa shape index (κ2) is 3.26. The molecule has 14 heavy (non-hydrogen) atoms. The van der Waals surface area contributed by atoms with E-state index in [-0.39, 0.29) is 5.69 Å². The summed E-state index contributed by atoms with van der Waals surface area (Å²) in [4.78, 5) is 12.2. The maximum atomic E-state index is 11.3. The molecule has 0 bridgehead atoms. The van der Waals surface area contributed by atoms with Gasteiger partial charge < -0.3 is 4.74 Å². The van der Waals surface area contributed by atoms with Crippen LogP contribution in [0.25, 0.3) is 5.69 Å². The zero-order valence-electron chi connectivity index (χ0n) is 7.64. The third-order valence-electron chi connectivity index (χ3n) is 1.81. The molecule has 0 amide bonds. The van der Waals surface area contributed by atoms with Gasteiger partial charge in [0.2, 0.25) is 0 Å². The molecule has 0 aliphatic carbocycles. The fraction of sp³-hybridized carbons (Fsp3) is 0.286. The Hall–Kier alpha value is -1.63. The highest BCUT2D eigenvalue weighted by Crippen LogP contribution is 2.30. The van der Waals surface area contributed by atoms with Gasteiger partial charge in [-0.3, -0.25) is 0 Å².